The molecule has 0 saturated carbocycles. The second kappa shape index (κ2) is 7.84. The van der Waals surface area contributed by atoms with Crippen molar-refractivity contribution in [1.82, 2.24) is 14.5 Å². The Morgan fingerprint density at radius 3 is 2.42 bits per heavy atom. The monoisotopic (exact) mass is 349 g/mol. The Balaban J connectivity index is 1.65. The smallest absolute Gasteiger partial charge is 0.324 e. The number of amides is 2. The van der Waals surface area contributed by atoms with Gasteiger partial charge in [-0.15, -0.1) is 0 Å². The summed E-state index contributed by atoms with van der Waals surface area (Å²) in [5.41, 5.74) is 1.01. The van der Waals surface area contributed by atoms with Crippen molar-refractivity contribution >= 4 is 23.2 Å². The van der Waals surface area contributed by atoms with Gasteiger partial charge in [-0.3, -0.25) is 19.1 Å². The summed E-state index contributed by atoms with van der Waals surface area (Å²) in [6.45, 7) is -0.153. The third-order valence-electron chi connectivity index (χ3n) is 3.44. The first-order chi connectivity index (χ1) is 12.6. The van der Waals surface area contributed by atoms with E-state index in [0.29, 0.717) is 16.9 Å². The van der Waals surface area contributed by atoms with Crippen LogP contribution in [0.15, 0.2) is 72.0 Å². The summed E-state index contributed by atoms with van der Waals surface area (Å²) in [6.07, 6.45) is 5.92. The standard InChI is InChI=1S/C18H15N5O3/c24-16(12-23-10-2-7-20-18(23)26)21-14-3-1-4-15(11-14)22-17(25)13-5-8-19-9-6-13/h1-11H,12H2,(H,21,24)(H,22,25). The maximum Gasteiger partial charge on any atom is 0.347 e. The van der Waals surface area contributed by atoms with E-state index in [4.69, 9.17) is 0 Å². The van der Waals surface area contributed by atoms with Crippen molar-refractivity contribution in [2.75, 3.05) is 10.6 Å². The Bertz CT molecular complexity index is 985. The van der Waals surface area contributed by atoms with Gasteiger partial charge in [0.2, 0.25) is 5.91 Å². The third-order valence-corrected chi connectivity index (χ3v) is 3.44. The fourth-order valence-corrected chi connectivity index (χ4v) is 2.24. The molecule has 0 bridgehead atoms. The molecule has 8 nitrogen and oxygen atoms in total. The van der Waals surface area contributed by atoms with Crippen molar-refractivity contribution in [3.05, 3.63) is 83.3 Å². The zero-order valence-corrected chi connectivity index (χ0v) is 13.6. The van der Waals surface area contributed by atoms with Gasteiger partial charge in [-0.25, -0.2) is 9.78 Å². The van der Waals surface area contributed by atoms with E-state index in [2.05, 4.69) is 20.6 Å². The number of carbonyl (C=O) groups excluding carboxylic acids is 2. The van der Waals surface area contributed by atoms with Crippen LogP contribution in [0.1, 0.15) is 10.4 Å². The number of anilines is 2. The summed E-state index contributed by atoms with van der Waals surface area (Å²) >= 11 is 0. The van der Waals surface area contributed by atoms with E-state index in [1.165, 1.54) is 29.4 Å². The van der Waals surface area contributed by atoms with E-state index in [1.54, 1.807) is 42.5 Å². The molecule has 2 amide bonds. The molecule has 0 unspecified atom stereocenters. The number of aromatic nitrogens is 3. The van der Waals surface area contributed by atoms with Gasteiger partial charge in [0.1, 0.15) is 6.54 Å². The van der Waals surface area contributed by atoms with E-state index in [0.717, 1.165) is 0 Å². The van der Waals surface area contributed by atoms with Gasteiger partial charge in [-0.05, 0) is 36.4 Å². The van der Waals surface area contributed by atoms with Crippen LogP contribution in [0, 0.1) is 0 Å². The van der Waals surface area contributed by atoms with Crippen LogP contribution in [0.2, 0.25) is 0 Å². The number of hydrogen-bond acceptors (Lipinski definition) is 5. The molecule has 8 heteroatoms. The van der Waals surface area contributed by atoms with Gasteiger partial charge in [-0.2, -0.15) is 0 Å². The highest BCUT2D eigenvalue weighted by Gasteiger charge is 2.08. The lowest BCUT2D eigenvalue weighted by Gasteiger charge is -2.09. The van der Waals surface area contributed by atoms with Crippen LogP contribution in [-0.4, -0.2) is 26.3 Å². The van der Waals surface area contributed by atoms with E-state index >= 15 is 0 Å². The Kier molecular flexibility index (Phi) is 5.14. The molecule has 3 rings (SSSR count). The fraction of sp³-hybridized carbons (Fsp3) is 0.0556. The summed E-state index contributed by atoms with van der Waals surface area (Å²) in [5, 5.41) is 5.43. The normalized spacial score (nSPS) is 10.2. The van der Waals surface area contributed by atoms with Crippen LogP contribution in [0.5, 0.6) is 0 Å². The van der Waals surface area contributed by atoms with Crippen molar-refractivity contribution in [3.63, 3.8) is 0 Å². The Labute approximate surface area is 148 Å². The minimum absolute atomic E-state index is 0.153. The average molecular weight is 349 g/mol. The number of nitrogens with zero attached hydrogens (tertiary/aromatic N) is 3. The van der Waals surface area contributed by atoms with Crippen molar-refractivity contribution in [2.24, 2.45) is 0 Å². The molecule has 0 aliphatic heterocycles. The van der Waals surface area contributed by atoms with Gasteiger partial charge >= 0.3 is 5.69 Å². The summed E-state index contributed by atoms with van der Waals surface area (Å²) in [5.74, 6) is -0.657. The molecule has 1 aromatic carbocycles. The number of pyridine rings is 1. The highest BCUT2D eigenvalue weighted by Crippen LogP contribution is 2.16. The minimum Gasteiger partial charge on any atom is -0.324 e. The van der Waals surface area contributed by atoms with E-state index in [9.17, 15) is 14.4 Å². The lowest BCUT2D eigenvalue weighted by molar-refractivity contribution is -0.116. The van der Waals surface area contributed by atoms with Crippen molar-refractivity contribution in [3.8, 4) is 0 Å². The molecule has 0 saturated heterocycles. The molecule has 2 aromatic heterocycles. The molecule has 2 N–H and O–H groups in total. The second-order valence-corrected chi connectivity index (χ2v) is 5.35. The molecule has 3 aromatic rings. The van der Waals surface area contributed by atoms with Gasteiger partial charge in [-0.1, -0.05) is 6.07 Å². The lowest BCUT2D eigenvalue weighted by Crippen LogP contribution is -2.28. The van der Waals surface area contributed by atoms with E-state index in [-0.39, 0.29) is 18.4 Å². The Hall–Kier alpha value is -3.81. The molecule has 2 heterocycles. The van der Waals surface area contributed by atoms with Gasteiger partial charge in [0.15, 0.2) is 0 Å². The van der Waals surface area contributed by atoms with Crippen molar-refractivity contribution < 1.29 is 9.59 Å². The predicted octanol–water partition coefficient (Wildman–Crippen LogP) is 1.53. The second-order valence-electron chi connectivity index (χ2n) is 5.35. The summed E-state index contributed by atoms with van der Waals surface area (Å²) < 4.78 is 1.20. The predicted molar refractivity (Wildman–Crippen MR) is 95.8 cm³/mol. The summed E-state index contributed by atoms with van der Waals surface area (Å²) in [7, 11) is 0. The zero-order chi connectivity index (χ0) is 18.4. The van der Waals surface area contributed by atoms with Crippen LogP contribution >= 0.6 is 0 Å². The Morgan fingerprint density at radius 1 is 0.962 bits per heavy atom. The number of hydrogen-bond donors (Lipinski definition) is 2. The van der Waals surface area contributed by atoms with Crippen LogP contribution in [0.4, 0.5) is 11.4 Å². The first-order valence-electron chi connectivity index (χ1n) is 7.74. The number of nitrogens with one attached hydrogen (secondary N) is 2. The van der Waals surface area contributed by atoms with Crippen molar-refractivity contribution in [2.45, 2.75) is 6.54 Å². The highest BCUT2D eigenvalue weighted by atomic mass is 16.2. The molecule has 130 valence electrons. The highest BCUT2D eigenvalue weighted by molar-refractivity contribution is 6.04. The summed E-state index contributed by atoms with van der Waals surface area (Å²) in [4.78, 5) is 43.2. The zero-order valence-electron chi connectivity index (χ0n) is 13.6. The third kappa shape index (κ3) is 4.38. The van der Waals surface area contributed by atoms with Gasteiger partial charge in [0.25, 0.3) is 5.91 Å². The fourth-order valence-electron chi connectivity index (χ4n) is 2.24. The first kappa shape index (κ1) is 17.0. The van der Waals surface area contributed by atoms with Gasteiger partial charge in [0.05, 0.1) is 0 Å². The SMILES string of the molecule is O=C(Cn1cccnc1=O)Nc1cccc(NC(=O)c2ccncc2)c1. The number of carbonyl (C=O) groups is 2. The molecule has 26 heavy (non-hydrogen) atoms. The molecule has 0 atom stereocenters. The van der Waals surface area contributed by atoms with Gasteiger partial charge < -0.3 is 10.6 Å². The van der Waals surface area contributed by atoms with Crippen LogP contribution in [-0.2, 0) is 11.3 Å². The minimum atomic E-state index is -0.499. The van der Waals surface area contributed by atoms with Crippen LogP contribution in [0.3, 0.4) is 0 Å². The van der Waals surface area contributed by atoms with Crippen LogP contribution < -0.4 is 16.3 Å². The summed E-state index contributed by atoms with van der Waals surface area (Å²) in [6, 6.07) is 11.5. The molecule has 0 fully saturated rings. The first-order valence-corrected chi connectivity index (χ1v) is 7.74. The molecule has 0 spiro atoms. The van der Waals surface area contributed by atoms with Gasteiger partial charge in [0, 0.05) is 41.7 Å². The number of benzene rings is 1. The Morgan fingerprint density at radius 2 is 1.69 bits per heavy atom. The number of rotatable bonds is 5. The molecule has 0 radical (unpaired) electrons. The molecular weight excluding hydrogens is 334 g/mol. The maximum absolute atomic E-state index is 12.2. The molecule has 0 aliphatic carbocycles. The average Bonchev–Trinajstić information content (AvgIpc) is 2.64. The topological polar surface area (TPSA) is 106 Å². The van der Waals surface area contributed by atoms with Crippen LogP contribution in [0.25, 0.3) is 0 Å². The molecule has 0 aliphatic rings. The molecular formula is C18H15N5O3. The van der Waals surface area contributed by atoms with E-state index in [1.807, 2.05) is 0 Å². The lowest BCUT2D eigenvalue weighted by atomic mass is 10.2. The quantitative estimate of drug-likeness (QED) is 0.726. The van der Waals surface area contributed by atoms with E-state index < -0.39 is 5.69 Å². The largest absolute Gasteiger partial charge is 0.347 e. The van der Waals surface area contributed by atoms with Crippen molar-refractivity contribution in [1.29, 1.82) is 0 Å². The maximum atomic E-state index is 12.2.